The molecule has 1 aliphatic heterocycles. The number of ketones is 1. The van der Waals surface area contributed by atoms with Gasteiger partial charge in [-0.25, -0.2) is 0 Å². The third-order valence-corrected chi connectivity index (χ3v) is 6.98. The quantitative estimate of drug-likeness (QED) is 0.328. The maximum atomic E-state index is 13.3. The highest BCUT2D eigenvalue weighted by Crippen LogP contribution is 2.48. The summed E-state index contributed by atoms with van der Waals surface area (Å²) < 4.78 is 10.7. The number of Topliss-reactive ketones (excluding diaryl/α,β-unsaturated/α-hetero) is 1. The number of carbonyl (C=O) groups is 2. The average molecular weight is 490 g/mol. The molecule has 1 amide bonds. The summed E-state index contributed by atoms with van der Waals surface area (Å²) >= 11 is 12.7. The minimum Gasteiger partial charge on any atom is -0.507 e. The van der Waals surface area contributed by atoms with Crippen molar-refractivity contribution in [2.75, 3.05) is 14.2 Å². The first-order valence-corrected chi connectivity index (χ1v) is 11.6. The summed E-state index contributed by atoms with van der Waals surface area (Å²) in [7, 11) is 2.80. The lowest BCUT2D eigenvalue weighted by atomic mass is 9.91. The van der Waals surface area contributed by atoms with Crippen molar-refractivity contribution >= 4 is 40.7 Å². The molecule has 1 unspecified atom stereocenters. The van der Waals surface area contributed by atoms with Crippen LogP contribution >= 0.6 is 23.2 Å². The fourth-order valence-corrected chi connectivity index (χ4v) is 5.53. The Morgan fingerprint density at radius 2 is 1.64 bits per heavy atom. The monoisotopic (exact) mass is 489 g/mol. The molecule has 1 heterocycles. The van der Waals surface area contributed by atoms with Crippen molar-refractivity contribution in [3.05, 3.63) is 63.1 Å². The van der Waals surface area contributed by atoms with Crippen LogP contribution in [0.2, 0.25) is 10.0 Å². The highest BCUT2D eigenvalue weighted by molar-refractivity contribution is 6.47. The van der Waals surface area contributed by atoms with Crippen LogP contribution in [0, 0.1) is 0 Å². The second-order valence-corrected chi connectivity index (χ2v) is 8.98. The normalized spacial score (nSPS) is 20.8. The molecular formula is C25H25Cl2NO5. The number of ether oxygens (including phenoxy) is 2. The number of likely N-dealkylation sites (tertiary alicyclic amines) is 1. The summed E-state index contributed by atoms with van der Waals surface area (Å²) in [5.41, 5.74) is 0.858. The summed E-state index contributed by atoms with van der Waals surface area (Å²) in [4.78, 5) is 28.2. The largest absolute Gasteiger partial charge is 0.507 e. The number of methoxy groups -OCH3 is 2. The summed E-state index contributed by atoms with van der Waals surface area (Å²) in [5.74, 6) is -1.44. The standard InChI is InChI=1S/C25H25Cl2NO5/c1-32-23-16(13-17(26)24(33-2)19(23)27)21(29)18-20(14-9-5-3-6-10-14)28(25(31)22(18)30)15-11-7-4-8-12-15/h3,5-6,9-10,13,15,20,29H,4,7-8,11-12H2,1-2H3/b21-18+. The van der Waals surface area contributed by atoms with Crippen molar-refractivity contribution in [2.24, 2.45) is 0 Å². The zero-order chi connectivity index (χ0) is 23.7. The Kier molecular flexibility index (Phi) is 6.86. The van der Waals surface area contributed by atoms with Gasteiger partial charge in [-0.05, 0) is 24.5 Å². The van der Waals surface area contributed by atoms with Gasteiger partial charge in [0.25, 0.3) is 11.7 Å². The fourth-order valence-electron chi connectivity index (χ4n) is 4.84. The molecule has 1 saturated carbocycles. The van der Waals surface area contributed by atoms with Crippen LogP contribution in [-0.2, 0) is 9.59 Å². The van der Waals surface area contributed by atoms with Crippen LogP contribution in [0.3, 0.4) is 0 Å². The molecule has 1 saturated heterocycles. The molecule has 33 heavy (non-hydrogen) atoms. The van der Waals surface area contributed by atoms with E-state index in [1.807, 2.05) is 30.3 Å². The molecule has 0 bridgehead atoms. The molecule has 4 rings (SSSR count). The van der Waals surface area contributed by atoms with E-state index >= 15 is 0 Å². The molecule has 1 N–H and O–H groups in total. The van der Waals surface area contributed by atoms with Crippen molar-refractivity contribution < 1.29 is 24.2 Å². The lowest BCUT2D eigenvalue weighted by molar-refractivity contribution is -0.141. The lowest BCUT2D eigenvalue weighted by Gasteiger charge is -2.35. The topological polar surface area (TPSA) is 76.1 Å². The van der Waals surface area contributed by atoms with Gasteiger partial charge in [0.2, 0.25) is 0 Å². The van der Waals surface area contributed by atoms with Gasteiger partial charge in [-0.2, -0.15) is 0 Å². The molecule has 174 valence electrons. The Balaban J connectivity index is 1.94. The van der Waals surface area contributed by atoms with Crippen molar-refractivity contribution in [1.29, 1.82) is 0 Å². The molecule has 1 aliphatic carbocycles. The third-order valence-electron chi connectivity index (χ3n) is 6.36. The molecule has 0 radical (unpaired) electrons. The van der Waals surface area contributed by atoms with E-state index in [0.29, 0.717) is 0 Å². The van der Waals surface area contributed by atoms with Crippen LogP contribution < -0.4 is 9.47 Å². The number of hydrogen-bond acceptors (Lipinski definition) is 5. The molecule has 1 atom stereocenters. The number of halogens is 2. The van der Waals surface area contributed by atoms with Crippen molar-refractivity contribution in [2.45, 2.75) is 44.2 Å². The Labute approximate surface area is 202 Å². The molecule has 2 aromatic carbocycles. The van der Waals surface area contributed by atoms with Crippen LogP contribution in [-0.4, -0.2) is 42.0 Å². The van der Waals surface area contributed by atoms with Gasteiger partial charge in [0.15, 0.2) is 11.5 Å². The van der Waals surface area contributed by atoms with E-state index in [-0.39, 0.29) is 44.5 Å². The van der Waals surface area contributed by atoms with Crippen LogP contribution in [0.25, 0.3) is 5.76 Å². The molecule has 2 fully saturated rings. The van der Waals surface area contributed by atoms with Gasteiger partial charge in [-0.15, -0.1) is 0 Å². The zero-order valence-corrected chi connectivity index (χ0v) is 19.9. The van der Waals surface area contributed by atoms with E-state index in [2.05, 4.69) is 0 Å². The first-order chi connectivity index (χ1) is 15.9. The summed E-state index contributed by atoms with van der Waals surface area (Å²) in [6, 6.07) is 9.89. The smallest absolute Gasteiger partial charge is 0.295 e. The minimum atomic E-state index is -0.739. The van der Waals surface area contributed by atoms with E-state index in [0.717, 1.165) is 37.7 Å². The second-order valence-electron chi connectivity index (χ2n) is 8.20. The highest BCUT2D eigenvalue weighted by Gasteiger charge is 2.49. The van der Waals surface area contributed by atoms with Gasteiger partial charge in [0.1, 0.15) is 10.8 Å². The third kappa shape index (κ3) is 4.06. The molecule has 2 aromatic rings. The maximum Gasteiger partial charge on any atom is 0.295 e. The van der Waals surface area contributed by atoms with Gasteiger partial charge >= 0.3 is 0 Å². The number of carbonyl (C=O) groups excluding carboxylic acids is 2. The predicted octanol–water partition coefficient (Wildman–Crippen LogP) is 5.77. The molecule has 2 aliphatic rings. The van der Waals surface area contributed by atoms with Gasteiger partial charge in [-0.3, -0.25) is 9.59 Å². The first-order valence-electron chi connectivity index (χ1n) is 10.9. The van der Waals surface area contributed by atoms with Crippen LogP contribution in [0.5, 0.6) is 11.5 Å². The van der Waals surface area contributed by atoms with Crippen molar-refractivity contribution in [1.82, 2.24) is 4.90 Å². The highest BCUT2D eigenvalue weighted by atomic mass is 35.5. The minimum absolute atomic E-state index is 0.00706. The van der Waals surface area contributed by atoms with E-state index in [9.17, 15) is 14.7 Å². The number of rotatable bonds is 5. The Morgan fingerprint density at radius 1 is 1.00 bits per heavy atom. The number of aliphatic hydroxyl groups excluding tert-OH is 1. The van der Waals surface area contributed by atoms with Gasteiger partial charge in [0.05, 0.1) is 36.4 Å². The van der Waals surface area contributed by atoms with Gasteiger partial charge < -0.3 is 19.5 Å². The maximum absolute atomic E-state index is 13.3. The van der Waals surface area contributed by atoms with Crippen molar-refractivity contribution in [3.8, 4) is 11.5 Å². The van der Waals surface area contributed by atoms with E-state index in [1.54, 1.807) is 4.90 Å². The Bertz CT molecular complexity index is 1110. The molecule has 8 heteroatoms. The fraction of sp³-hybridized carbons (Fsp3) is 0.360. The zero-order valence-electron chi connectivity index (χ0n) is 18.4. The van der Waals surface area contributed by atoms with E-state index in [1.165, 1.54) is 20.3 Å². The predicted molar refractivity (Wildman–Crippen MR) is 127 cm³/mol. The lowest BCUT2D eigenvalue weighted by Crippen LogP contribution is -2.40. The van der Waals surface area contributed by atoms with Gasteiger partial charge in [-0.1, -0.05) is 72.8 Å². The Morgan fingerprint density at radius 3 is 2.24 bits per heavy atom. The summed E-state index contributed by atoms with van der Waals surface area (Å²) in [5, 5.41) is 11.6. The number of benzene rings is 2. The number of nitrogens with zero attached hydrogens (tertiary/aromatic N) is 1. The summed E-state index contributed by atoms with van der Waals surface area (Å²) in [6.07, 6.45) is 4.73. The number of hydrogen-bond donors (Lipinski definition) is 1. The second kappa shape index (κ2) is 9.65. The Hall–Kier alpha value is -2.70. The summed E-state index contributed by atoms with van der Waals surface area (Å²) in [6.45, 7) is 0. The SMILES string of the molecule is COc1c(Cl)cc(/C(O)=C2\C(=O)C(=O)N(C3CCCCC3)C2c2ccccc2)c(OC)c1Cl. The average Bonchev–Trinajstić information content (AvgIpc) is 3.10. The molecule has 6 nitrogen and oxygen atoms in total. The molecule has 0 aromatic heterocycles. The number of amides is 1. The molecule has 0 spiro atoms. The van der Waals surface area contributed by atoms with Crippen molar-refractivity contribution in [3.63, 3.8) is 0 Å². The van der Waals surface area contributed by atoms with Crippen LogP contribution in [0.15, 0.2) is 42.0 Å². The number of aliphatic hydroxyl groups is 1. The van der Waals surface area contributed by atoms with Crippen LogP contribution in [0.4, 0.5) is 0 Å². The van der Waals surface area contributed by atoms with Gasteiger partial charge in [0, 0.05) is 6.04 Å². The van der Waals surface area contributed by atoms with E-state index < -0.39 is 17.7 Å². The molecular weight excluding hydrogens is 465 g/mol. The first kappa shape index (κ1) is 23.5. The van der Waals surface area contributed by atoms with Crippen LogP contribution in [0.1, 0.15) is 49.3 Å². The van der Waals surface area contributed by atoms with E-state index in [4.69, 9.17) is 32.7 Å².